The first kappa shape index (κ1) is 9.18. The third-order valence-electron chi connectivity index (χ3n) is 2.63. The Balaban J connectivity index is 2.10. The minimum atomic E-state index is -0.734. The number of hydrogen-bond donors (Lipinski definition) is 0. The number of imide groups is 1. The maximum Gasteiger partial charge on any atom is 0.303 e. The van der Waals surface area contributed by atoms with Crippen molar-refractivity contribution < 1.29 is 19.1 Å². The van der Waals surface area contributed by atoms with Gasteiger partial charge in [-0.05, 0) is 6.42 Å². The summed E-state index contributed by atoms with van der Waals surface area (Å²) in [6.45, 7) is 1.26. The maximum absolute atomic E-state index is 11.6. The molecule has 0 spiro atoms. The highest BCUT2D eigenvalue weighted by atomic mass is 16.5. The number of nitrogens with zero attached hydrogens (tertiary/aromatic N) is 1. The molecule has 5 nitrogen and oxygen atoms in total. The fourth-order valence-corrected chi connectivity index (χ4v) is 2.07. The zero-order chi connectivity index (χ0) is 10.3. The van der Waals surface area contributed by atoms with Crippen molar-refractivity contribution in [2.75, 3.05) is 0 Å². The third kappa shape index (κ3) is 1.29. The monoisotopic (exact) mass is 197 g/mol. The molecule has 0 N–H and O–H groups in total. The number of amides is 2. The molecule has 0 aromatic heterocycles. The summed E-state index contributed by atoms with van der Waals surface area (Å²) in [4.78, 5) is 34.7. The molecule has 0 aromatic rings. The molecule has 2 aliphatic rings. The Bertz CT molecular complexity index is 312. The highest BCUT2D eigenvalue weighted by Crippen LogP contribution is 2.31. The maximum atomic E-state index is 11.6. The molecule has 0 radical (unpaired) electrons. The van der Waals surface area contributed by atoms with E-state index >= 15 is 0 Å². The van der Waals surface area contributed by atoms with Crippen LogP contribution in [-0.4, -0.2) is 34.8 Å². The Morgan fingerprint density at radius 1 is 1.50 bits per heavy atom. The van der Waals surface area contributed by atoms with Crippen molar-refractivity contribution in [3.8, 4) is 0 Å². The second-order valence-corrected chi connectivity index (χ2v) is 3.63. The largest absolute Gasteiger partial charge is 0.452 e. The van der Waals surface area contributed by atoms with E-state index in [9.17, 15) is 14.4 Å². The van der Waals surface area contributed by atoms with Crippen LogP contribution in [0.3, 0.4) is 0 Å². The lowest BCUT2D eigenvalue weighted by molar-refractivity contribution is -0.156. The first-order valence-electron chi connectivity index (χ1n) is 4.62. The quantitative estimate of drug-likeness (QED) is 0.433. The van der Waals surface area contributed by atoms with Crippen molar-refractivity contribution in [1.82, 2.24) is 4.90 Å². The molecule has 2 saturated heterocycles. The van der Waals surface area contributed by atoms with Gasteiger partial charge in [-0.25, -0.2) is 0 Å². The lowest BCUT2D eigenvalue weighted by Gasteiger charge is -2.11. The molecule has 2 aliphatic heterocycles. The molecular weight excluding hydrogens is 186 g/mol. The van der Waals surface area contributed by atoms with E-state index in [0.717, 1.165) is 0 Å². The van der Waals surface area contributed by atoms with Crippen molar-refractivity contribution in [3.05, 3.63) is 0 Å². The third-order valence-corrected chi connectivity index (χ3v) is 2.63. The van der Waals surface area contributed by atoms with Crippen molar-refractivity contribution in [3.63, 3.8) is 0 Å². The molecule has 2 heterocycles. The van der Waals surface area contributed by atoms with Gasteiger partial charge in [0, 0.05) is 25.8 Å². The van der Waals surface area contributed by atoms with Crippen molar-refractivity contribution >= 4 is 17.8 Å². The summed E-state index contributed by atoms with van der Waals surface area (Å²) in [5, 5.41) is 0. The predicted octanol–water partition coefficient (Wildman–Crippen LogP) is -0.161. The number of carbonyl (C=O) groups excluding carboxylic acids is 3. The minimum Gasteiger partial charge on any atom is -0.452 e. The molecule has 2 amide bonds. The van der Waals surface area contributed by atoms with Crippen LogP contribution in [-0.2, 0) is 19.1 Å². The van der Waals surface area contributed by atoms with E-state index in [4.69, 9.17) is 4.74 Å². The fourth-order valence-electron chi connectivity index (χ4n) is 2.07. The van der Waals surface area contributed by atoms with E-state index in [2.05, 4.69) is 0 Å². The zero-order valence-corrected chi connectivity index (χ0v) is 7.86. The highest BCUT2D eigenvalue weighted by Gasteiger charge is 2.47. The first-order chi connectivity index (χ1) is 6.59. The van der Waals surface area contributed by atoms with Gasteiger partial charge < -0.3 is 4.74 Å². The minimum absolute atomic E-state index is 0.0423. The second kappa shape index (κ2) is 3.08. The average molecular weight is 197 g/mol. The zero-order valence-electron chi connectivity index (χ0n) is 7.86. The molecule has 0 unspecified atom stereocenters. The number of rotatable bonds is 1. The van der Waals surface area contributed by atoms with Gasteiger partial charge in [-0.1, -0.05) is 0 Å². The topological polar surface area (TPSA) is 63.7 Å². The van der Waals surface area contributed by atoms with Crippen LogP contribution < -0.4 is 0 Å². The van der Waals surface area contributed by atoms with Crippen molar-refractivity contribution in [2.24, 2.45) is 0 Å². The molecular formula is C9H11NO4. The molecule has 0 aromatic carbocycles. The molecule has 14 heavy (non-hydrogen) atoms. The smallest absolute Gasteiger partial charge is 0.303 e. The number of fused-ring (bicyclic) bond motifs is 1. The van der Waals surface area contributed by atoms with Gasteiger partial charge in [-0.3, -0.25) is 19.3 Å². The molecule has 76 valence electrons. The van der Waals surface area contributed by atoms with Crippen LogP contribution >= 0.6 is 0 Å². The van der Waals surface area contributed by atoms with E-state index in [1.54, 1.807) is 0 Å². The Morgan fingerprint density at radius 3 is 2.79 bits per heavy atom. The first-order valence-corrected chi connectivity index (χ1v) is 4.62. The normalized spacial score (nSPS) is 30.8. The molecule has 2 atom stereocenters. The van der Waals surface area contributed by atoms with E-state index in [-0.39, 0.29) is 17.9 Å². The van der Waals surface area contributed by atoms with E-state index in [1.165, 1.54) is 11.8 Å². The number of hydrogen-bond acceptors (Lipinski definition) is 4. The Kier molecular flexibility index (Phi) is 2.02. The molecule has 0 aliphatic carbocycles. The van der Waals surface area contributed by atoms with E-state index in [0.29, 0.717) is 19.3 Å². The van der Waals surface area contributed by atoms with Gasteiger partial charge in [0.2, 0.25) is 5.91 Å². The number of ether oxygens (including phenoxy) is 1. The van der Waals surface area contributed by atoms with Crippen LogP contribution in [0.2, 0.25) is 0 Å². The van der Waals surface area contributed by atoms with Gasteiger partial charge in [0.25, 0.3) is 5.91 Å². The standard InChI is InChI=1S/C9H11NO4/c1-5(11)14-7-4-6-2-3-8(12)10(6)9(7)13/h6-7H,2-4H2,1H3/t6-,7-/m1/s1. The van der Waals surface area contributed by atoms with Gasteiger partial charge in [-0.15, -0.1) is 0 Å². The number of esters is 1. The van der Waals surface area contributed by atoms with Crippen LogP contribution in [0.1, 0.15) is 26.2 Å². The summed E-state index contributed by atoms with van der Waals surface area (Å²) in [5.41, 5.74) is 0. The Labute approximate surface area is 81.0 Å². The second-order valence-electron chi connectivity index (χ2n) is 3.63. The summed E-state index contributed by atoms with van der Waals surface area (Å²) in [6, 6.07) is -0.0423. The number of carbonyl (C=O) groups is 3. The van der Waals surface area contributed by atoms with E-state index in [1.807, 2.05) is 0 Å². The van der Waals surface area contributed by atoms with Crippen LogP contribution in [0.4, 0.5) is 0 Å². The van der Waals surface area contributed by atoms with Crippen LogP contribution in [0, 0.1) is 0 Å². The Morgan fingerprint density at radius 2 is 2.21 bits per heavy atom. The van der Waals surface area contributed by atoms with Gasteiger partial charge in [0.05, 0.1) is 0 Å². The average Bonchev–Trinajstić information content (AvgIpc) is 2.57. The fraction of sp³-hybridized carbons (Fsp3) is 0.667. The molecule has 0 bridgehead atoms. The predicted molar refractivity (Wildman–Crippen MR) is 45.0 cm³/mol. The summed E-state index contributed by atoms with van der Waals surface area (Å²) < 4.78 is 4.83. The molecule has 2 rings (SSSR count). The summed E-state index contributed by atoms with van der Waals surface area (Å²) in [7, 11) is 0. The summed E-state index contributed by atoms with van der Waals surface area (Å²) in [5.74, 6) is -0.973. The van der Waals surface area contributed by atoms with E-state index < -0.39 is 12.1 Å². The molecule has 2 fully saturated rings. The van der Waals surface area contributed by atoms with Gasteiger partial charge >= 0.3 is 5.97 Å². The lowest BCUT2D eigenvalue weighted by atomic mass is 10.1. The Hall–Kier alpha value is -1.39. The lowest BCUT2D eigenvalue weighted by Crippen LogP contribution is -2.35. The van der Waals surface area contributed by atoms with Gasteiger partial charge in [0.15, 0.2) is 6.10 Å². The highest BCUT2D eigenvalue weighted by molar-refractivity contribution is 6.01. The van der Waals surface area contributed by atoms with Crippen LogP contribution in [0.15, 0.2) is 0 Å². The summed E-state index contributed by atoms with van der Waals surface area (Å²) >= 11 is 0. The summed E-state index contributed by atoms with van der Waals surface area (Å²) in [6.07, 6.45) is 0.858. The van der Waals surface area contributed by atoms with Crippen molar-refractivity contribution in [2.45, 2.75) is 38.3 Å². The van der Waals surface area contributed by atoms with Crippen LogP contribution in [0.5, 0.6) is 0 Å². The SMILES string of the molecule is CC(=O)O[C@@H]1C[C@H]2CCC(=O)N2C1=O. The molecule has 5 heteroatoms. The van der Waals surface area contributed by atoms with Gasteiger partial charge in [0.1, 0.15) is 0 Å². The molecule has 0 saturated carbocycles. The van der Waals surface area contributed by atoms with Crippen LogP contribution in [0.25, 0.3) is 0 Å². The van der Waals surface area contributed by atoms with Gasteiger partial charge in [-0.2, -0.15) is 0 Å². The van der Waals surface area contributed by atoms with Crippen molar-refractivity contribution in [1.29, 1.82) is 0 Å².